The van der Waals surface area contributed by atoms with Gasteiger partial charge in [-0.3, -0.25) is 4.79 Å². The Morgan fingerprint density at radius 3 is 2.61 bits per heavy atom. The third kappa shape index (κ3) is 4.48. The highest BCUT2D eigenvalue weighted by molar-refractivity contribution is 5.76. The summed E-state index contributed by atoms with van der Waals surface area (Å²) in [5.74, 6) is -0.0427. The summed E-state index contributed by atoms with van der Waals surface area (Å²) in [6.45, 7) is 3.16. The topological polar surface area (TPSA) is 32.3 Å². The summed E-state index contributed by atoms with van der Waals surface area (Å²) in [4.78, 5) is 13.3. The molecule has 2 unspecified atom stereocenters. The Morgan fingerprint density at radius 1 is 1.44 bits per heavy atom. The lowest BCUT2D eigenvalue weighted by Gasteiger charge is -2.38. The van der Waals surface area contributed by atoms with E-state index in [4.69, 9.17) is 0 Å². The van der Waals surface area contributed by atoms with Crippen LogP contribution in [-0.4, -0.2) is 43.2 Å². The number of amides is 1. The van der Waals surface area contributed by atoms with Crippen LogP contribution in [-0.2, 0) is 4.79 Å². The summed E-state index contributed by atoms with van der Waals surface area (Å²) in [5, 5.41) is 3.20. The molecule has 3 nitrogen and oxygen atoms in total. The molecule has 1 amide bonds. The number of carbonyl (C=O) groups excluding carboxylic acids is 1. The monoisotopic (exact) mass is 266 g/mol. The largest absolute Gasteiger partial charge is 0.389 e. The van der Waals surface area contributed by atoms with Gasteiger partial charge in [0.05, 0.1) is 6.42 Å². The van der Waals surface area contributed by atoms with Crippen molar-refractivity contribution in [3.8, 4) is 0 Å². The van der Waals surface area contributed by atoms with E-state index in [-0.39, 0.29) is 5.91 Å². The van der Waals surface area contributed by atoms with Crippen LogP contribution in [0.4, 0.5) is 13.2 Å². The molecule has 1 saturated heterocycles. The molecule has 0 radical (unpaired) electrons. The van der Waals surface area contributed by atoms with Crippen LogP contribution in [0.15, 0.2) is 0 Å². The molecule has 106 valence electrons. The lowest BCUT2D eigenvalue weighted by molar-refractivity contribution is -0.150. The SMILES string of the molecule is CCC1CN(C(=O)CCC(F)(F)F)CCC1NC. The van der Waals surface area contributed by atoms with Crippen LogP contribution in [0, 0.1) is 5.92 Å². The normalized spacial score (nSPS) is 25.3. The van der Waals surface area contributed by atoms with Crippen LogP contribution < -0.4 is 5.32 Å². The van der Waals surface area contributed by atoms with E-state index in [1.165, 1.54) is 0 Å². The molecular weight excluding hydrogens is 245 g/mol. The molecule has 0 aromatic rings. The second-order valence-corrected chi connectivity index (χ2v) is 4.81. The quantitative estimate of drug-likeness (QED) is 0.846. The number of nitrogens with one attached hydrogen (secondary N) is 1. The smallest absolute Gasteiger partial charge is 0.342 e. The average molecular weight is 266 g/mol. The summed E-state index contributed by atoms with van der Waals surface area (Å²) >= 11 is 0. The zero-order chi connectivity index (χ0) is 13.8. The average Bonchev–Trinajstić information content (AvgIpc) is 2.34. The number of alkyl halides is 3. The molecule has 0 saturated carbocycles. The van der Waals surface area contributed by atoms with Crippen molar-refractivity contribution in [3.63, 3.8) is 0 Å². The number of piperidine rings is 1. The fourth-order valence-corrected chi connectivity index (χ4v) is 2.46. The van der Waals surface area contributed by atoms with E-state index in [0.717, 1.165) is 12.8 Å². The van der Waals surface area contributed by atoms with Crippen LogP contribution in [0.3, 0.4) is 0 Å². The second kappa shape index (κ2) is 6.41. The van der Waals surface area contributed by atoms with E-state index >= 15 is 0 Å². The third-order valence-corrected chi connectivity index (χ3v) is 3.60. The number of carbonyl (C=O) groups is 1. The van der Waals surface area contributed by atoms with Gasteiger partial charge >= 0.3 is 6.18 Å². The zero-order valence-corrected chi connectivity index (χ0v) is 10.9. The standard InChI is InChI=1S/C12H21F3N2O/c1-3-9-8-17(7-5-10(9)16-2)11(18)4-6-12(13,14)15/h9-10,16H,3-8H2,1-2H3. The Morgan fingerprint density at radius 2 is 2.11 bits per heavy atom. The molecule has 6 heteroatoms. The van der Waals surface area contributed by atoms with Crippen molar-refractivity contribution in [1.82, 2.24) is 10.2 Å². The highest BCUT2D eigenvalue weighted by Gasteiger charge is 2.32. The molecule has 1 N–H and O–H groups in total. The maximum atomic E-state index is 12.1. The van der Waals surface area contributed by atoms with Crippen molar-refractivity contribution >= 4 is 5.91 Å². The van der Waals surface area contributed by atoms with E-state index in [1.54, 1.807) is 4.90 Å². The van der Waals surface area contributed by atoms with Crippen molar-refractivity contribution < 1.29 is 18.0 Å². The minimum Gasteiger partial charge on any atom is -0.342 e. The van der Waals surface area contributed by atoms with Crippen molar-refractivity contribution in [1.29, 1.82) is 0 Å². The van der Waals surface area contributed by atoms with Gasteiger partial charge in [-0.1, -0.05) is 13.3 Å². The summed E-state index contributed by atoms with van der Waals surface area (Å²) in [5.41, 5.74) is 0. The molecule has 1 rings (SSSR count). The maximum Gasteiger partial charge on any atom is 0.389 e. The molecule has 0 aromatic carbocycles. The van der Waals surface area contributed by atoms with E-state index in [2.05, 4.69) is 5.32 Å². The first-order valence-corrected chi connectivity index (χ1v) is 6.39. The van der Waals surface area contributed by atoms with E-state index in [0.29, 0.717) is 25.0 Å². The molecule has 1 heterocycles. The molecule has 18 heavy (non-hydrogen) atoms. The van der Waals surface area contributed by atoms with Crippen LogP contribution in [0.1, 0.15) is 32.6 Å². The van der Waals surface area contributed by atoms with Gasteiger partial charge in [0.2, 0.25) is 5.91 Å². The fourth-order valence-electron chi connectivity index (χ4n) is 2.46. The molecular formula is C12H21F3N2O. The first-order chi connectivity index (χ1) is 8.37. The first kappa shape index (κ1) is 15.3. The predicted octanol–water partition coefficient (Wildman–Crippen LogP) is 2.18. The summed E-state index contributed by atoms with van der Waals surface area (Å²) in [6.07, 6.45) is -3.96. The van der Waals surface area contributed by atoms with Gasteiger partial charge in [-0.25, -0.2) is 0 Å². The number of nitrogens with zero attached hydrogens (tertiary/aromatic N) is 1. The van der Waals surface area contributed by atoms with Crippen LogP contribution in [0.5, 0.6) is 0 Å². The number of likely N-dealkylation sites (tertiary alicyclic amines) is 1. The zero-order valence-electron chi connectivity index (χ0n) is 10.9. The van der Waals surface area contributed by atoms with Crippen LogP contribution in [0.25, 0.3) is 0 Å². The van der Waals surface area contributed by atoms with Gasteiger partial charge in [0.25, 0.3) is 0 Å². The van der Waals surface area contributed by atoms with Crippen molar-refractivity contribution in [2.24, 2.45) is 5.92 Å². The van der Waals surface area contributed by atoms with Crippen LogP contribution in [0.2, 0.25) is 0 Å². The Kier molecular flexibility index (Phi) is 5.44. The number of rotatable bonds is 4. The van der Waals surface area contributed by atoms with Gasteiger partial charge in [0, 0.05) is 25.6 Å². The summed E-state index contributed by atoms with van der Waals surface area (Å²) in [6, 6.07) is 0.363. The molecule has 0 aliphatic carbocycles. The Bertz CT molecular complexity index is 281. The van der Waals surface area contributed by atoms with E-state index in [9.17, 15) is 18.0 Å². The maximum absolute atomic E-state index is 12.1. The molecule has 2 atom stereocenters. The van der Waals surface area contributed by atoms with Gasteiger partial charge in [-0.05, 0) is 19.4 Å². The number of hydrogen-bond donors (Lipinski definition) is 1. The van der Waals surface area contributed by atoms with Crippen molar-refractivity contribution in [2.75, 3.05) is 20.1 Å². The Labute approximate surface area is 106 Å². The minimum absolute atomic E-state index is 0.332. The van der Waals surface area contributed by atoms with Gasteiger partial charge < -0.3 is 10.2 Å². The summed E-state index contributed by atoms with van der Waals surface area (Å²) in [7, 11) is 1.88. The van der Waals surface area contributed by atoms with Gasteiger partial charge in [-0.15, -0.1) is 0 Å². The lowest BCUT2D eigenvalue weighted by atomic mass is 9.90. The first-order valence-electron chi connectivity index (χ1n) is 6.39. The molecule has 1 aliphatic heterocycles. The van der Waals surface area contributed by atoms with Crippen LogP contribution >= 0.6 is 0 Å². The van der Waals surface area contributed by atoms with Gasteiger partial charge in [-0.2, -0.15) is 13.2 Å². The Hall–Kier alpha value is -0.780. The van der Waals surface area contributed by atoms with Crippen molar-refractivity contribution in [2.45, 2.75) is 44.8 Å². The summed E-state index contributed by atoms with van der Waals surface area (Å²) < 4.78 is 36.2. The molecule has 1 fully saturated rings. The van der Waals surface area contributed by atoms with Gasteiger partial charge in [0.15, 0.2) is 0 Å². The highest BCUT2D eigenvalue weighted by atomic mass is 19.4. The molecule has 0 spiro atoms. The molecule has 0 aromatic heterocycles. The molecule has 0 bridgehead atoms. The van der Waals surface area contributed by atoms with E-state index in [1.807, 2.05) is 14.0 Å². The number of hydrogen-bond acceptors (Lipinski definition) is 2. The van der Waals surface area contributed by atoms with Gasteiger partial charge in [0.1, 0.15) is 0 Å². The minimum atomic E-state index is -4.25. The fraction of sp³-hybridized carbons (Fsp3) is 0.917. The van der Waals surface area contributed by atoms with Crippen molar-refractivity contribution in [3.05, 3.63) is 0 Å². The predicted molar refractivity (Wildman–Crippen MR) is 63.1 cm³/mol. The lowest BCUT2D eigenvalue weighted by Crippen LogP contribution is -2.50. The molecule has 1 aliphatic rings. The van der Waals surface area contributed by atoms with E-state index < -0.39 is 19.0 Å². The second-order valence-electron chi connectivity index (χ2n) is 4.81. The highest BCUT2D eigenvalue weighted by Crippen LogP contribution is 2.24. The number of halogens is 3. The Balaban J connectivity index is 2.45. The third-order valence-electron chi connectivity index (χ3n) is 3.60.